The van der Waals surface area contributed by atoms with Gasteiger partial charge in [0.2, 0.25) is 0 Å². The lowest BCUT2D eigenvalue weighted by atomic mass is 9.58. The Morgan fingerprint density at radius 2 is 1.92 bits per heavy atom. The predicted molar refractivity (Wildman–Crippen MR) is 45.7 cm³/mol. The first-order valence-corrected chi connectivity index (χ1v) is 5.37. The van der Waals surface area contributed by atoms with Crippen molar-refractivity contribution in [2.24, 2.45) is 23.2 Å². The van der Waals surface area contributed by atoms with Crippen LogP contribution in [0.4, 0.5) is 0 Å². The molecule has 0 N–H and O–H groups in total. The first-order valence-electron chi connectivity index (χ1n) is 5.37. The van der Waals surface area contributed by atoms with E-state index in [-0.39, 0.29) is 0 Å². The van der Waals surface area contributed by atoms with E-state index in [1.165, 1.54) is 19.3 Å². The third kappa shape index (κ3) is 0.379. The van der Waals surface area contributed by atoms with E-state index in [2.05, 4.69) is 13.8 Å². The molecule has 2 heterocycles. The van der Waals surface area contributed by atoms with Gasteiger partial charge in [-0.2, -0.15) is 0 Å². The predicted octanol–water partition coefficient (Wildman–Crippen LogP) is 2.21. The van der Waals surface area contributed by atoms with Crippen LogP contribution in [0, 0.1) is 23.2 Å². The number of hydrogen-bond acceptors (Lipinski definition) is 1. The van der Waals surface area contributed by atoms with Crippen LogP contribution in [0.15, 0.2) is 0 Å². The van der Waals surface area contributed by atoms with Crippen LogP contribution in [-0.2, 0) is 4.74 Å². The van der Waals surface area contributed by atoms with Gasteiger partial charge in [-0.3, -0.25) is 0 Å². The molecule has 5 atom stereocenters. The highest BCUT2D eigenvalue weighted by Gasteiger charge is 2.83. The Labute approximate surface area is 73.5 Å². The average Bonchev–Trinajstić information content (AvgIpc) is 2.33. The fraction of sp³-hybridized carbons (Fsp3) is 1.00. The SMILES string of the molecule is CC1C(C)C12CC13CC(CC12)O3. The minimum Gasteiger partial charge on any atom is -0.371 e. The largest absolute Gasteiger partial charge is 0.371 e. The fourth-order valence-electron chi connectivity index (χ4n) is 4.85. The van der Waals surface area contributed by atoms with Crippen LogP contribution in [0.25, 0.3) is 0 Å². The van der Waals surface area contributed by atoms with E-state index in [1.54, 1.807) is 0 Å². The van der Waals surface area contributed by atoms with Crippen molar-refractivity contribution in [1.82, 2.24) is 0 Å². The molecule has 3 saturated carbocycles. The van der Waals surface area contributed by atoms with Crippen LogP contribution in [0.3, 0.4) is 0 Å². The first-order chi connectivity index (χ1) is 5.69. The summed E-state index contributed by atoms with van der Waals surface area (Å²) in [5.74, 6) is 2.96. The summed E-state index contributed by atoms with van der Waals surface area (Å²) in [6, 6.07) is 0. The summed E-state index contributed by atoms with van der Waals surface area (Å²) >= 11 is 0. The lowest BCUT2D eigenvalue weighted by molar-refractivity contribution is -0.232. The van der Waals surface area contributed by atoms with Crippen LogP contribution in [0.2, 0.25) is 0 Å². The van der Waals surface area contributed by atoms with Crippen LogP contribution < -0.4 is 0 Å². The van der Waals surface area contributed by atoms with Crippen LogP contribution >= 0.6 is 0 Å². The lowest BCUT2D eigenvalue weighted by Gasteiger charge is -2.55. The number of ether oxygens (including phenoxy) is 1. The Morgan fingerprint density at radius 3 is 2.42 bits per heavy atom. The van der Waals surface area contributed by atoms with Gasteiger partial charge in [0.05, 0.1) is 11.7 Å². The van der Waals surface area contributed by atoms with Gasteiger partial charge in [-0.15, -0.1) is 0 Å². The summed E-state index contributed by atoms with van der Waals surface area (Å²) < 4.78 is 5.91. The van der Waals surface area contributed by atoms with Gasteiger partial charge in [0.1, 0.15) is 0 Å². The van der Waals surface area contributed by atoms with Gasteiger partial charge in [0.25, 0.3) is 0 Å². The molecule has 5 unspecified atom stereocenters. The number of hydrogen-bond donors (Lipinski definition) is 0. The van der Waals surface area contributed by atoms with E-state index in [0.29, 0.717) is 11.7 Å². The summed E-state index contributed by atoms with van der Waals surface area (Å²) in [5.41, 5.74) is 1.20. The molecule has 5 fully saturated rings. The summed E-state index contributed by atoms with van der Waals surface area (Å²) in [6.45, 7) is 4.88. The van der Waals surface area contributed by atoms with E-state index in [4.69, 9.17) is 4.74 Å². The zero-order valence-electron chi connectivity index (χ0n) is 7.84. The monoisotopic (exact) mass is 164 g/mol. The molecule has 2 saturated heterocycles. The van der Waals surface area contributed by atoms with Gasteiger partial charge in [0.15, 0.2) is 0 Å². The quantitative estimate of drug-likeness (QED) is 0.533. The minimum absolute atomic E-state index is 0.434. The molecule has 0 aromatic heterocycles. The highest BCUT2D eigenvalue weighted by atomic mass is 16.5. The molecule has 12 heavy (non-hydrogen) atoms. The first kappa shape index (κ1) is 6.42. The van der Waals surface area contributed by atoms with E-state index < -0.39 is 0 Å². The Bertz CT molecular complexity index is 256. The molecular formula is C11H16O. The molecule has 0 radical (unpaired) electrons. The average molecular weight is 164 g/mol. The molecule has 1 heteroatoms. The molecule has 0 amide bonds. The Kier molecular flexibility index (Phi) is 0.744. The normalized spacial score (nSPS) is 76.5. The third-order valence-corrected chi connectivity index (χ3v) is 5.70. The minimum atomic E-state index is 0.434. The maximum Gasteiger partial charge on any atom is 0.0751 e. The molecule has 2 spiro atoms. The second-order valence-electron chi connectivity index (χ2n) is 5.66. The lowest BCUT2D eigenvalue weighted by Crippen LogP contribution is -2.58. The molecular weight excluding hydrogens is 148 g/mol. The summed E-state index contributed by atoms with van der Waals surface area (Å²) in [4.78, 5) is 0. The summed E-state index contributed by atoms with van der Waals surface area (Å²) in [7, 11) is 0. The van der Waals surface area contributed by atoms with Crippen molar-refractivity contribution >= 4 is 0 Å². The highest BCUT2D eigenvalue weighted by Crippen LogP contribution is 2.83. The van der Waals surface area contributed by atoms with Crippen LogP contribution in [0.1, 0.15) is 33.1 Å². The maximum atomic E-state index is 5.91. The maximum absolute atomic E-state index is 5.91. The molecule has 2 bridgehead atoms. The van der Waals surface area contributed by atoms with Crippen molar-refractivity contribution < 1.29 is 4.74 Å². The van der Waals surface area contributed by atoms with E-state index in [0.717, 1.165) is 23.2 Å². The molecule has 0 aromatic carbocycles. The van der Waals surface area contributed by atoms with Gasteiger partial charge >= 0.3 is 0 Å². The van der Waals surface area contributed by atoms with Crippen molar-refractivity contribution in [2.75, 3.05) is 0 Å². The second-order valence-corrected chi connectivity index (χ2v) is 5.66. The molecule has 2 aliphatic heterocycles. The van der Waals surface area contributed by atoms with Crippen LogP contribution in [-0.4, -0.2) is 11.7 Å². The topological polar surface area (TPSA) is 9.23 Å². The van der Waals surface area contributed by atoms with Gasteiger partial charge < -0.3 is 4.74 Å². The fourth-order valence-corrected chi connectivity index (χ4v) is 4.85. The van der Waals surface area contributed by atoms with Crippen molar-refractivity contribution in [3.8, 4) is 0 Å². The Morgan fingerprint density at radius 1 is 1.25 bits per heavy atom. The zero-order valence-corrected chi connectivity index (χ0v) is 7.84. The van der Waals surface area contributed by atoms with E-state index in [9.17, 15) is 0 Å². The van der Waals surface area contributed by atoms with E-state index in [1.807, 2.05) is 0 Å². The Hall–Kier alpha value is -0.0400. The third-order valence-electron chi connectivity index (χ3n) is 5.70. The second kappa shape index (κ2) is 1.39. The molecule has 3 aliphatic carbocycles. The zero-order chi connectivity index (χ0) is 8.14. The highest BCUT2D eigenvalue weighted by molar-refractivity contribution is 5.31. The molecule has 5 rings (SSSR count). The van der Waals surface area contributed by atoms with Crippen molar-refractivity contribution in [3.63, 3.8) is 0 Å². The Balaban J connectivity index is 1.73. The van der Waals surface area contributed by atoms with Gasteiger partial charge in [-0.05, 0) is 36.0 Å². The van der Waals surface area contributed by atoms with E-state index >= 15 is 0 Å². The van der Waals surface area contributed by atoms with Crippen molar-refractivity contribution in [2.45, 2.75) is 44.8 Å². The van der Waals surface area contributed by atoms with Crippen LogP contribution in [0.5, 0.6) is 0 Å². The van der Waals surface area contributed by atoms with Gasteiger partial charge in [-0.25, -0.2) is 0 Å². The van der Waals surface area contributed by atoms with Crippen molar-refractivity contribution in [3.05, 3.63) is 0 Å². The molecule has 1 nitrogen and oxygen atoms in total. The van der Waals surface area contributed by atoms with Gasteiger partial charge in [-0.1, -0.05) is 13.8 Å². The summed E-state index contributed by atoms with van der Waals surface area (Å²) in [6.07, 6.45) is 4.88. The standard InChI is InChI=1S/C11H16O/c1-6-7(2)11(6)5-10-4-8(12-10)3-9(10)11/h6-9H,3-5H2,1-2H3. The van der Waals surface area contributed by atoms with Crippen molar-refractivity contribution in [1.29, 1.82) is 0 Å². The summed E-state index contributed by atoms with van der Waals surface area (Å²) in [5, 5.41) is 0. The smallest absolute Gasteiger partial charge is 0.0751 e. The van der Waals surface area contributed by atoms with Gasteiger partial charge in [0, 0.05) is 6.42 Å². The number of rotatable bonds is 0. The molecule has 5 aliphatic rings. The molecule has 66 valence electrons. The molecule has 0 aromatic rings.